The fourth-order valence-electron chi connectivity index (χ4n) is 1.58. The lowest BCUT2D eigenvalue weighted by atomic mass is 10.1. The number of likely N-dealkylation sites (N-methyl/N-ethyl adjacent to an activating group) is 1. The molecule has 2 rings (SSSR count). The van der Waals surface area contributed by atoms with E-state index in [1.165, 1.54) is 11.3 Å². The van der Waals surface area contributed by atoms with Crippen LogP contribution in [0.25, 0.3) is 0 Å². The second-order valence-corrected chi connectivity index (χ2v) is 4.45. The summed E-state index contributed by atoms with van der Waals surface area (Å²) in [6.45, 7) is 5.20. The van der Waals surface area contributed by atoms with Gasteiger partial charge in [0.2, 0.25) is 0 Å². The monoisotopic (exact) mass is 210 g/mol. The standard InChI is InChI=1S/C10H14N2OS/c1-2-12-6-8(7-12)11-10(13)9-4-3-5-14-9/h3-5,8H,2,6-7H2,1H3,(H,11,13). The Morgan fingerprint density at radius 2 is 2.50 bits per heavy atom. The second kappa shape index (κ2) is 4.11. The molecule has 1 aliphatic rings. The molecule has 0 bridgehead atoms. The number of thiophene rings is 1. The van der Waals surface area contributed by atoms with Crippen LogP contribution in [-0.2, 0) is 0 Å². The van der Waals surface area contributed by atoms with E-state index in [9.17, 15) is 4.79 Å². The van der Waals surface area contributed by atoms with Crippen LogP contribution >= 0.6 is 11.3 Å². The summed E-state index contributed by atoms with van der Waals surface area (Å²) in [5.41, 5.74) is 0. The number of carbonyl (C=O) groups is 1. The second-order valence-electron chi connectivity index (χ2n) is 3.50. The Bertz CT molecular complexity index is 304. The summed E-state index contributed by atoms with van der Waals surface area (Å²) in [5.74, 6) is 0.0701. The summed E-state index contributed by atoms with van der Waals surface area (Å²) >= 11 is 1.49. The quantitative estimate of drug-likeness (QED) is 0.812. The molecule has 14 heavy (non-hydrogen) atoms. The van der Waals surface area contributed by atoms with Crippen LogP contribution < -0.4 is 5.32 Å². The average Bonchev–Trinajstić information content (AvgIpc) is 2.62. The number of carbonyl (C=O) groups excluding carboxylic acids is 1. The highest BCUT2D eigenvalue weighted by atomic mass is 32.1. The maximum atomic E-state index is 11.6. The highest BCUT2D eigenvalue weighted by Crippen LogP contribution is 2.11. The Balaban J connectivity index is 1.80. The van der Waals surface area contributed by atoms with E-state index >= 15 is 0 Å². The van der Waals surface area contributed by atoms with Crippen molar-refractivity contribution in [3.8, 4) is 0 Å². The Labute approximate surface area is 87.7 Å². The van der Waals surface area contributed by atoms with Crippen molar-refractivity contribution >= 4 is 17.2 Å². The molecule has 0 atom stereocenters. The third-order valence-electron chi connectivity index (χ3n) is 2.48. The summed E-state index contributed by atoms with van der Waals surface area (Å²) in [6, 6.07) is 4.11. The van der Waals surface area contributed by atoms with Gasteiger partial charge in [-0.15, -0.1) is 11.3 Å². The SMILES string of the molecule is CCN1CC(NC(=O)c2cccs2)C1. The zero-order chi connectivity index (χ0) is 9.97. The van der Waals surface area contributed by atoms with Crippen molar-refractivity contribution in [1.82, 2.24) is 10.2 Å². The molecule has 0 aromatic carbocycles. The first-order valence-corrected chi connectivity index (χ1v) is 5.74. The molecule has 76 valence electrons. The lowest BCUT2D eigenvalue weighted by Crippen LogP contribution is -2.58. The van der Waals surface area contributed by atoms with E-state index < -0.39 is 0 Å². The fourth-order valence-corrected chi connectivity index (χ4v) is 2.21. The van der Waals surface area contributed by atoms with Crippen molar-refractivity contribution in [2.24, 2.45) is 0 Å². The largest absolute Gasteiger partial charge is 0.346 e. The number of amides is 1. The minimum atomic E-state index is 0.0701. The maximum absolute atomic E-state index is 11.6. The maximum Gasteiger partial charge on any atom is 0.261 e. The number of hydrogen-bond donors (Lipinski definition) is 1. The summed E-state index contributed by atoms with van der Waals surface area (Å²) < 4.78 is 0. The van der Waals surface area contributed by atoms with Crippen molar-refractivity contribution in [2.45, 2.75) is 13.0 Å². The van der Waals surface area contributed by atoms with Gasteiger partial charge < -0.3 is 5.32 Å². The lowest BCUT2D eigenvalue weighted by Gasteiger charge is -2.38. The van der Waals surface area contributed by atoms with Crippen molar-refractivity contribution in [2.75, 3.05) is 19.6 Å². The van der Waals surface area contributed by atoms with E-state index in [2.05, 4.69) is 17.1 Å². The number of likely N-dealkylation sites (tertiary alicyclic amines) is 1. The van der Waals surface area contributed by atoms with Gasteiger partial charge in [0.1, 0.15) is 0 Å². The highest BCUT2D eigenvalue weighted by molar-refractivity contribution is 7.12. The van der Waals surface area contributed by atoms with Crippen LogP contribution in [0.2, 0.25) is 0 Å². The molecule has 3 nitrogen and oxygen atoms in total. The number of nitrogens with zero attached hydrogens (tertiary/aromatic N) is 1. The summed E-state index contributed by atoms with van der Waals surface area (Å²) in [7, 11) is 0. The molecule has 1 aromatic rings. The van der Waals surface area contributed by atoms with E-state index in [0.717, 1.165) is 24.5 Å². The van der Waals surface area contributed by atoms with Crippen molar-refractivity contribution < 1.29 is 4.79 Å². The molecule has 2 heterocycles. The Morgan fingerprint density at radius 3 is 3.07 bits per heavy atom. The molecular formula is C10H14N2OS. The molecule has 4 heteroatoms. The van der Waals surface area contributed by atoms with Gasteiger partial charge in [-0.25, -0.2) is 0 Å². The van der Waals surface area contributed by atoms with E-state index in [-0.39, 0.29) is 5.91 Å². The molecule has 1 N–H and O–H groups in total. The molecule has 0 saturated carbocycles. The summed E-state index contributed by atoms with van der Waals surface area (Å²) in [6.07, 6.45) is 0. The topological polar surface area (TPSA) is 32.3 Å². The molecule has 0 radical (unpaired) electrons. The smallest absolute Gasteiger partial charge is 0.261 e. The first-order chi connectivity index (χ1) is 6.79. The highest BCUT2D eigenvalue weighted by Gasteiger charge is 2.26. The van der Waals surface area contributed by atoms with Crippen molar-refractivity contribution in [3.05, 3.63) is 22.4 Å². The number of nitrogens with one attached hydrogen (secondary N) is 1. The summed E-state index contributed by atoms with van der Waals surface area (Å²) in [4.78, 5) is 14.7. The van der Waals surface area contributed by atoms with Crippen LogP contribution in [0.3, 0.4) is 0 Å². The normalized spacial score (nSPS) is 17.8. The predicted molar refractivity (Wildman–Crippen MR) is 57.7 cm³/mol. The predicted octanol–water partition coefficient (Wildman–Crippen LogP) is 1.18. The van der Waals surface area contributed by atoms with Gasteiger partial charge in [0.15, 0.2) is 0 Å². The van der Waals surface area contributed by atoms with Crippen molar-refractivity contribution in [3.63, 3.8) is 0 Å². The Kier molecular flexibility index (Phi) is 2.84. The average molecular weight is 210 g/mol. The van der Waals surface area contributed by atoms with Crippen LogP contribution in [0.15, 0.2) is 17.5 Å². The molecular weight excluding hydrogens is 196 g/mol. The van der Waals surface area contributed by atoms with Crippen LogP contribution in [0, 0.1) is 0 Å². The van der Waals surface area contributed by atoms with Gasteiger partial charge in [0, 0.05) is 13.1 Å². The van der Waals surface area contributed by atoms with Crippen LogP contribution in [0.5, 0.6) is 0 Å². The van der Waals surface area contributed by atoms with E-state index in [4.69, 9.17) is 0 Å². The lowest BCUT2D eigenvalue weighted by molar-refractivity contribution is 0.0828. The molecule has 1 saturated heterocycles. The molecule has 0 aliphatic carbocycles. The van der Waals surface area contributed by atoms with Gasteiger partial charge in [-0.1, -0.05) is 13.0 Å². The van der Waals surface area contributed by atoms with E-state index in [1.807, 2.05) is 17.5 Å². The van der Waals surface area contributed by atoms with Gasteiger partial charge in [0.05, 0.1) is 10.9 Å². The van der Waals surface area contributed by atoms with Crippen LogP contribution in [-0.4, -0.2) is 36.5 Å². The van der Waals surface area contributed by atoms with Gasteiger partial charge in [-0.3, -0.25) is 9.69 Å². The summed E-state index contributed by atoms with van der Waals surface area (Å²) in [5, 5.41) is 4.94. The van der Waals surface area contributed by atoms with Gasteiger partial charge in [-0.05, 0) is 18.0 Å². The van der Waals surface area contributed by atoms with Gasteiger partial charge >= 0.3 is 0 Å². The molecule has 0 spiro atoms. The van der Waals surface area contributed by atoms with Crippen LogP contribution in [0.1, 0.15) is 16.6 Å². The zero-order valence-electron chi connectivity index (χ0n) is 8.19. The van der Waals surface area contributed by atoms with Gasteiger partial charge in [-0.2, -0.15) is 0 Å². The third-order valence-corrected chi connectivity index (χ3v) is 3.35. The molecule has 1 aromatic heterocycles. The van der Waals surface area contributed by atoms with Crippen molar-refractivity contribution in [1.29, 1.82) is 0 Å². The first kappa shape index (κ1) is 9.68. The van der Waals surface area contributed by atoms with E-state index in [1.54, 1.807) is 0 Å². The minimum Gasteiger partial charge on any atom is -0.346 e. The first-order valence-electron chi connectivity index (χ1n) is 4.86. The van der Waals surface area contributed by atoms with Crippen LogP contribution in [0.4, 0.5) is 0 Å². The van der Waals surface area contributed by atoms with E-state index in [0.29, 0.717) is 6.04 Å². The molecule has 0 unspecified atom stereocenters. The Hall–Kier alpha value is -0.870. The molecule has 1 amide bonds. The fraction of sp³-hybridized carbons (Fsp3) is 0.500. The Morgan fingerprint density at radius 1 is 1.71 bits per heavy atom. The molecule has 1 fully saturated rings. The number of hydrogen-bond acceptors (Lipinski definition) is 3. The molecule has 1 aliphatic heterocycles. The minimum absolute atomic E-state index is 0.0701. The third kappa shape index (κ3) is 1.96. The van der Waals surface area contributed by atoms with Gasteiger partial charge in [0.25, 0.3) is 5.91 Å². The zero-order valence-corrected chi connectivity index (χ0v) is 9.01. The number of rotatable bonds is 3.